The SMILES string of the molecule is CCO[C@H]1CCN(c2ccc(N)c(F)c2)C1. The van der Waals surface area contributed by atoms with Gasteiger partial charge in [0.2, 0.25) is 0 Å². The largest absolute Gasteiger partial charge is 0.396 e. The van der Waals surface area contributed by atoms with Crippen molar-refractivity contribution in [3.63, 3.8) is 0 Å². The fourth-order valence-corrected chi connectivity index (χ4v) is 2.05. The zero-order valence-electron chi connectivity index (χ0n) is 9.45. The minimum Gasteiger partial charge on any atom is -0.396 e. The fraction of sp³-hybridized carbons (Fsp3) is 0.500. The zero-order valence-corrected chi connectivity index (χ0v) is 9.45. The lowest BCUT2D eigenvalue weighted by molar-refractivity contribution is 0.0787. The summed E-state index contributed by atoms with van der Waals surface area (Å²) < 4.78 is 18.8. The molecule has 3 nitrogen and oxygen atoms in total. The first-order valence-electron chi connectivity index (χ1n) is 5.62. The van der Waals surface area contributed by atoms with Crippen LogP contribution in [0.15, 0.2) is 18.2 Å². The van der Waals surface area contributed by atoms with E-state index in [9.17, 15) is 4.39 Å². The molecule has 2 N–H and O–H groups in total. The van der Waals surface area contributed by atoms with Gasteiger partial charge < -0.3 is 15.4 Å². The van der Waals surface area contributed by atoms with E-state index in [-0.39, 0.29) is 17.6 Å². The number of anilines is 2. The summed E-state index contributed by atoms with van der Waals surface area (Å²) in [4.78, 5) is 2.13. The molecule has 1 saturated heterocycles. The molecular formula is C12H17FN2O. The molecule has 1 aromatic carbocycles. The third kappa shape index (κ3) is 2.27. The second-order valence-corrected chi connectivity index (χ2v) is 4.02. The highest BCUT2D eigenvalue weighted by molar-refractivity contribution is 5.54. The highest BCUT2D eigenvalue weighted by atomic mass is 19.1. The standard InChI is InChI=1S/C12H17FN2O/c1-2-16-10-5-6-15(8-10)9-3-4-12(14)11(13)7-9/h3-4,7,10H,2,5-6,8,14H2,1H3/t10-/m0/s1. The normalized spacial score (nSPS) is 20.4. The molecule has 1 fully saturated rings. The lowest BCUT2D eigenvalue weighted by Crippen LogP contribution is -2.22. The van der Waals surface area contributed by atoms with Crippen LogP contribution in [-0.4, -0.2) is 25.8 Å². The van der Waals surface area contributed by atoms with Gasteiger partial charge in [-0.2, -0.15) is 0 Å². The van der Waals surface area contributed by atoms with E-state index in [0.29, 0.717) is 0 Å². The first kappa shape index (κ1) is 11.2. The number of benzene rings is 1. The third-order valence-electron chi connectivity index (χ3n) is 2.90. The van der Waals surface area contributed by atoms with Crippen LogP contribution in [0.25, 0.3) is 0 Å². The summed E-state index contributed by atoms with van der Waals surface area (Å²) in [5.41, 5.74) is 6.53. The van der Waals surface area contributed by atoms with E-state index in [2.05, 4.69) is 4.90 Å². The van der Waals surface area contributed by atoms with Crippen molar-refractivity contribution in [2.24, 2.45) is 0 Å². The summed E-state index contributed by atoms with van der Waals surface area (Å²) in [6, 6.07) is 4.95. The number of rotatable bonds is 3. The summed E-state index contributed by atoms with van der Waals surface area (Å²) in [5.74, 6) is -0.350. The first-order valence-corrected chi connectivity index (χ1v) is 5.62. The van der Waals surface area contributed by atoms with Gasteiger partial charge in [-0.05, 0) is 31.5 Å². The summed E-state index contributed by atoms with van der Waals surface area (Å²) in [6.07, 6.45) is 1.27. The van der Waals surface area contributed by atoms with Crippen molar-refractivity contribution in [1.82, 2.24) is 0 Å². The van der Waals surface area contributed by atoms with E-state index in [0.717, 1.165) is 31.8 Å². The van der Waals surface area contributed by atoms with Gasteiger partial charge >= 0.3 is 0 Å². The molecule has 2 rings (SSSR count). The Kier molecular flexibility index (Phi) is 3.29. The molecule has 0 aromatic heterocycles. The van der Waals surface area contributed by atoms with Crippen LogP contribution in [0.5, 0.6) is 0 Å². The van der Waals surface area contributed by atoms with Gasteiger partial charge in [-0.3, -0.25) is 0 Å². The van der Waals surface area contributed by atoms with E-state index >= 15 is 0 Å². The Morgan fingerprint density at radius 1 is 1.56 bits per heavy atom. The van der Waals surface area contributed by atoms with Crippen LogP contribution in [0.4, 0.5) is 15.8 Å². The molecular weight excluding hydrogens is 207 g/mol. The maximum Gasteiger partial charge on any atom is 0.148 e. The predicted octanol–water partition coefficient (Wildman–Crippen LogP) is 2.02. The molecule has 1 heterocycles. The molecule has 88 valence electrons. The van der Waals surface area contributed by atoms with Crippen molar-refractivity contribution in [1.29, 1.82) is 0 Å². The van der Waals surface area contributed by atoms with Gasteiger partial charge in [0.1, 0.15) is 5.82 Å². The van der Waals surface area contributed by atoms with Crippen molar-refractivity contribution in [2.45, 2.75) is 19.4 Å². The lowest BCUT2D eigenvalue weighted by atomic mass is 10.2. The molecule has 1 aliphatic heterocycles. The highest BCUT2D eigenvalue weighted by Gasteiger charge is 2.23. The Labute approximate surface area is 95.0 Å². The molecule has 0 unspecified atom stereocenters. The van der Waals surface area contributed by atoms with Crippen LogP contribution >= 0.6 is 0 Å². The van der Waals surface area contributed by atoms with Gasteiger partial charge in [0.05, 0.1) is 11.8 Å². The minimum atomic E-state index is -0.350. The van der Waals surface area contributed by atoms with Gasteiger partial charge in [-0.1, -0.05) is 0 Å². The fourth-order valence-electron chi connectivity index (χ4n) is 2.05. The molecule has 1 atom stereocenters. The average Bonchev–Trinajstić information content (AvgIpc) is 2.71. The van der Waals surface area contributed by atoms with Crippen molar-refractivity contribution in [3.8, 4) is 0 Å². The van der Waals surface area contributed by atoms with E-state index < -0.39 is 0 Å². The number of nitrogen functional groups attached to an aromatic ring is 1. The second kappa shape index (κ2) is 4.70. The molecule has 0 saturated carbocycles. The van der Waals surface area contributed by atoms with E-state index in [1.54, 1.807) is 6.07 Å². The van der Waals surface area contributed by atoms with Crippen LogP contribution in [0.1, 0.15) is 13.3 Å². The van der Waals surface area contributed by atoms with Gasteiger partial charge in [-0.15, -0.1) is 0 Å². The Balaban J connectivity index is 2.05. The van der Waals surface area contributed by atoms with Crippen LogP contribution in [0.3, 0.4) is 0 Å². The van der Waals surface area contributed by atoms with E-state index in [4.69, 9.17) is 10.5 Å². The molecule has 16 heavy (non-hydrogen) atoms. The van der Waals surface area contributed by atoms with Crippen molar-refractivity contribution in [2.75, 3.05) is 30.3 Å². The summed E-state index contributed by atoms with van der Waals surface area (Å²) >= 11 is 0. The van der Waals surface area contributed by atoms with Gasteiger partial charge in [0.15, 0.2) is 0 Å². The van der Waals surface area contributed by atoms with E-state index in [1.807, 2.05) is 13.0 Å². The number of hydrogen-bond acceptors (Lipinski definition) is 3. The van der Waals surface area contributed by atoms with Crippen LogP contribution in [0.2, 0.25) is 0 Å². The Morgan fingerprint density at radius 3 is 3.06 bits per heavy atom. The summed E-state index contributed by atoms with van der Waals surface area (Å²) in [5, 5.41) is 0. The second-order valence-electron chi connectivity index (χ2n) is 4.02. The number of nitrogens with two attached hydrogens (primary N) is 1. The monoisotopic (exact) mass is 224 g/mol. The molecule has 1 aromatic rings. The molecule has 0 radical (unpaired) electrons. The molecule has 4 heteroatoms. The Morgan fingerprint density at radius 2 is 2.38 bits per heavy atom. The Hall–Kier alpha value is -1.29. The van der Waals surface area contributed by atoms with Gasteiger partial charge in [0.25, 0.3) is 0 Å². The van der Waals surface area contributed by atoms with Crippen molar-refractivity contribution >= 4 is 11.4 Å². The number of halogens is 1. The van der Waals surface area contributed by atoms with Crippen LogP contribution in [0, 0.1) is 5.82 Å². The zero-order chi connectivity index (χ0) is 11.5. The number of ether oxygens (including phenoxy) is 1. The van der Waals surface area contributed by atoms with Crippen LogP contribution in [-0.2, 0) is 4.74 Å². The molecule has 1 aliphatic rings. The van der Waals surface area contributed by atoms with E-state index in [1.165, 1.54) is 6.07 Å². The molecule has 0 aliphatic carbocycles. The van der Waals surface area contributed by atoms with Gasteiger partial charge in [-0.25, -0.2) is 4.39 Å². The first-order chi connectivity index (χ1) is 7.70. The molecule has 0 amide bonds. The quantitative estimate of drug-likeness (QED) is 0.798. The van der Waals surface area contributed by atoms with Crippen LogP contribution < -0.4 is 10.6 Å². The van der Waals surface area contributed by atoms with Crippen molar-refractivity contribution in [3.05, 3.63) is 24.0 Å². The molecule has 0 spiro atoms. The number of nitrogens with zero attached hydrogens (tertiary/aromatic N) is 1. The minimum absolute atomic E-state index is 0.198. The maximum absolute atomic E-state index is 13.3. The number of hydrogen-bond donors (Lipinski definition) is 1. The lowest BCUT2D eigenvalue weighted by Gasteiger charge is -2.18. The van der Waals surface area contributed by atoms with Crippen molar-refractivity contribution < 1.29 is 9.13 Å². The highest BCUT2D eigenvalue weighted by Crippen LogP contribution is 2.24. The molecule has 0 bridgehead atoms. The topological polar surface area (TPSA) is 38.5 Å². The summed E-state index contributed by atoms with van der Waals surface area (Å²) in [7, 11) is 0. The maximum atomic E-state index is 13.3. The third-order valence-corrected chi connectivity index (χ3v) is 2.90. The predicted molar refractivity (Wildman–Crippen MR) is 63.1 cm³/mol. The average molecular weight is 224 g/mol. The summed E-state index contributed by atoms with van der Waals surface area (Å²) in [6.45, 7) is 4.46. The smallest absolute Gasteiger partial charge is 0.148 e. The Bertz CT molecular complexity index is 370. The van der Waals surface area contributed by atoms with Gasteiger partial charge in [0, 0.05) is 25.4 Å².